The van der Waals surface area contributed by atoms with E-state index in [1.54, 1.807) is 22.9 Å². The molecular formula is C22H29N5O4S. The summed E-state index contributed by atoms with van der Waals surface area (Å²) < 4.78 is 36.8. The third-order valence-electron chi connectivity index (χ3n) is 7.23. The predicted molar refractivity (Wildman–Crippen MR) is 119 cm³/mol. The Labute approximate surface area is 187 Å². The van der Waals surface area contributed by atoms with Crippen LogP contribution in [0.1, 0.15) is 43.1 Å². The molecule has 6 rings (SSSR count). The summed E-state index contributed by atoms with van der Waals surface area (Å²) in [6.45, 7) is 6.68. The van der Waals surface area contributed by atoms with E-state index < -0.39 is 10.0 Å². The van der Waals surface area contributed by atoms with Crippen LogP contribution in [-0.2, 0) is 14.8 Å². The van der Waals surface area contributed by atoms with Gasteiger partial charge in [0.15, 0.2) is 11.4 Å². The number of piperazine rings is 1. The minimum absolute atomic E-state index is 0.0324. The van der Waals surface area contributed by atoms with Gasteiger partial charge in [-0.3, -0.25) is 14.1 Å². The number of pyridine rings is 1. The molecule has 4 fully saturated rings. The Kier molecular flexibility index (Phi) is 4.66. The molecule has 1 atom stereocenters. The van der Waals surface area contributed by atoms with E-state index in [4.69, 9.17) is 4.74 Å². The number of hydrogen-bond acceptors (Lipinski definition) is 7. The van der Waals surface area contributed by atoms with E-state index in [1.807, 2.05) is 6.92 Å². The van der Waals surface area contributed by atoms with Crippen LogP contribution in [0, 0.1) is 5.92 Å². The predicted octanol–water partition coefficient (Wildman–Crippen LogP) is 1.28. The van der Waals surface area contributed by atoms with Gasteiger partial charge in [-0.1, -0.05) is 0 Å². The minimum Gasteiger partial charge on any atom is -0.378 e. The molecule has 0 unspecified atom stereocenters. The standard InChI is InChI=1S/C22H29N5O4S/c1-22(4-5-22)24-32(29,30)17-10-18(26-7-6-25-8-9-31-14-16(25)12-26)21-23-11-19(27(21)13-17)20(28)15-2-3-15/h10-11,13,15-16,24H,2-9,12,14H2,1H3/t16-/m1/s1. The van der Waals surface area contributed by atoms with Gasteiger partial charge in [-0.15, -0.1) is 0 Å². The van der Waals surface area contributed by atoms with E-state index in [9.17, 15) is 13.2 Å². The summed E-state index contributed by atoms with van der Waals surface area (Å²) in [6.07, 6.45) is 6.62. The average molecular weight is 460 g/mol. The number of fused-ring (bicyclic) bond motifs is 2. The fourth-order valence-corrected chi connectivity index (χ4v) is 6.28. The van der Waals surface area contributed by atoms with Crippen LogP contribution in [0.5, 0.6) is 0 Å². The number of nitrogens with one attached hydrogen (secondary N) is 1. The first-order chi connectivity index (χ1) is 15.3. The Morgan fingerprint density at radius 3 is 2.81 bits per heavy atom. The second kappa shape index (κ2) is 7.24. The van der Waals surface area contributed by atoms with Gasteiger partial charge in [-0.05, 0) is 38.7 Å². The Morgan fingerprint density at radius 2 is 2.06 bits per heavy atom. The number of Topliss-reactive ketones (excluding diaryl/α,β-unsaturated/α-hetero) is 1. The number of rotatable bonds is 6. The SMILES string of the molecule is CC1(NS(=O)(=O)c2cc(N3CCN4CCOC[C@H]4C3)c3ncc(C(=O)C4CC4)n3c2)CC1. The number of anilines is 1. The van der Waals surface area contributed by atoms with E-state index >= 15 is 0 Å². The molecule has 4 aliphatic rings. The van der Waals surface area contributed by atoms with Gasteiger partial charge in [-0.2, -0.15) is 0 Å². The molecule has 4 heterocycles. The van der Waals surface area contributed by atoms with E-state index in [0.717, 1.165) is 64.2 Å². The van der Waals surface area contributed by atoms with Gasteiger partial charge in [-0.25, -0.2) is 18.1 Å². The Hall–Kier alpha value is -2.01. The van der Waals surface area contributed by atoms with Gasteiger partial charge in [0.1, 0.15) is 10.6 Å². The maximum atomic E-state index is 13.3. The molecule has 0 amide bonds. The van der Waals surface area contributed by atoms with Crippen LogP contribution >= 0.6 is 0 Å². The number of aromatic nitrogens is 2. The summed E-state index contributed by atoms with van der Waals surface area (Å²) in [5, 5.41) is 0. The molecule has 0 aromatic carbocycles. The Bertz CT molecular complexity index is 1180. The first kappa shape index (κ1) is 20.6. The number of ether oxygens (including phenoxy) is 1. The maximum Gasteiger partial charge on any atom is 0.242 e. The van der Waals surface area contributed by atoms with Gasteiger partial charge in [0.2, 0.25) is 10.0 Å². The zero-order chi connectivity index (χ0) is 22.1. The van der Waals surface area contributed by atoms with Crippen LogP contribution in [0.4, 0.5) is 5.69 Å². The molecule has 0 spiro atoms. The second-order valence-electron chi connectivity index (χ2n) is 9.91. The van der Waals surface area contributed by atoms with Crippen molar-refractivity contribution in [1.82, 2.24) is 19.0 Å². The van der Waals surface area contributed by atoms with Crippen molar-refractivity contribution in [2.75, 3.05) is 44.3 Å². The van der Waals surface area contributed by atoms with E-state index in [1.165, 1.54) is 0 Å². The number of imidazole rings is 1. The summed E-state index contributed by atoms with van der Waals surface area (Å²) in [4.78, 5) is 22.3. The third kappa shape index (κ3) is 3.63. The van der Waals surface area contributed by atoms with Crippen molar-refractivity contribution in [2.24, 2.45) is 5.92 Å². The molecule has 2 saturated carbocycles. The lowest BCUT2D eigenvalue weighted by atomic mass is 10.1. The molecule has 0 radical (unpaired) electrons. The van der Waals surface area contributed by atoms with Crippen LogP contribution in [-0.4, -0.2) is 79.5 Å². The lowest BCUT2D eigenvalue weighted by Crippen LogP contribution is -2.58. The summed E-state index contributed by atoms with van der Waals surface area (Å²) in [5.41, 5.74) is 1.49. The molecule has 2 saturated heterocycles. The molecule has 2 aliphatic carbocycles. The first-order valence-electron chi connectivity index (χ1n) is 11.5. The van der Waals surface area contributed by atoms with Crippen LogP contribution in [0.25, 0.3) is 5.65 Å². The summed E-state index contributed by atoms with van der Waals surface area (Å²) >= 11 is 0. The highest BCUT2D eigenvalue weighted by atomic mass is 32.2. The topological polar surface area (TPSA) is 96.2 Å². The average Bonchev–Trinajstić information content (AvgIpc) is 3.70. The molecule has 2 aliphatic heterocycles. The Balaban J connectivity index is 1.44. The van der Waals surface area contributed by atoms with Crippen LogP contribution in [0.15, 0.2) is 23.4 Å². The molecule has 10 heteroatoms. The zero-order valence-electron chi connectivity index (χ0n) is 18.3. The Morgan fingerprint density at radius 1 is 1.25 bits per heavy atom. The molecule has 1 N–H and O–H groups in total. The molecule has 2 aromatic rings. The number of sulfonamides is 1. The van der Waals surface area contributed by atoms with E-state index in [0.29, 0.717) is 17.9 Å². The smallest absolute Gasteiger partial charge is 0.242 e. The quantitative estimate of drug-likeness (QED) is 0.650. The van der Waals surface area contributed by atoms with Crippen molar-refractivity contribution < 1.29 is 17.9 Å². The van der Waals surface area contributed by atoms with Crippen LogP contribution < -0.4 is 9.62 Å². The fraction of sp³-hybridized carbons (Fsp3) is 0.636. The van der Waals surface area contributed by atoms with Crippen molar-refractivity contribution in [3.63, 3.8) is 0 Å². The normalized spacial score (nSPS) is 25.7. The van der Waals surface area contributed by atoms with Gasteiger partial charge in [0.05, 0.1) is 31.1 Å². The molecular weight excluding hydrogens is 430 g/mol. The van der Waals surface area contributed by atoms with Crippen molar-refractivity contribution in [3.8, 4) is 0 Å². The summed E-state index contributed by atoms with van der Waals surface area (Å²) in [6, 6.07) is 1.99. The molecule has 9 nitrogen and oxygen atoms in total. The van der Waals surface area contributed by atoms with Crippen LogP contribution in [0.2, 0.25) is 0 Å². The van der Waals surface area contributed by atoms with Crippen molar-refractivity contribution in [2.45, 2.75) is 49.1 Å². The van der Waals surface area contributed by atoms with Gasteiger partial charge < -0.3 is 9.64 Å². The zero-order valence-corrected chi connectivity index (χ0v) is 19.1. The minimum atomic E-state index is -3.73. The van der Waals surface area contributed by atoms with E-state index in [-0.39, 0.29) is 28.2 Å². The molecule has 0 bridgehead atoms. The monoisotopic (exact) mass is 459 g/mol. The number of nitrogens with zero attached hydrogens (tertiary/aromatic N) is 4. The second-order valence-corrected chi connectivity index (χ2v) is 11.6. The summed E-state index contributed by atoms with van der Waals surface area (Å²) in [7, 11) is -3.73. The van der Waals surface area contributed by atoms with Crippen molar-refractivity contribution in [3.05, 3.63) is 24.2 Å². The van der Waals surface area contributed by atoms with Crippen molar-refractivity contribution >= 4 is 27.1 Å². The maximum absolute atomic E-state index is 13.3. The molecule has 2 aromatic heterocycles. The number of carbonyl (C=O) groups excluding carboxylic acids is 1. The van der Waals surface area contributed by atoms with Gasteiger partial charge in [0, 0.05) is 43.8 Å². The van der Waals surface area contributed by atoms with E-state index in [2.05, 4.69) is 19.5 Å². The highest BCUT2D eigenvalue weighted by Gasteiger charge is 2.42. The van der Waals surface area contributed by atoms with Crippen molar-refractivity contribution in [1.29, 1.82) is 0 Å². The largest absolute Gasteiger partial charge is 0.378 e. The molecule has 172 valence electrons. The van der Waals surface area contributed by atoms with Gasteiger partial charge >= 0.3 is 0 Å². The number of ketones is 1. The summed E-state index contributed by atoms with van der Waals surface area (Å²) in [5.74, 6) is 0.0793. The highest BCUT2D eigenvalue weighted by molar-refractivity contribution is 7.89. The van der Waals surface area contributed by atoms with Gasteiger partial charge in [0.25, 0.3) is 0 Å². The first-order valence-corrected chi connectivity index (χ1v) is 13.0. The number of hydrogen-bond donors (Lipinski definition) is 1. The third-order valence-corrected chi connectivity index (χ3v) is 8.84. The fourth-order valence-electron chi connectivity index (χ4n) is 4.80. The molecule has 32 heavy (non-hydrogen) atoms. The van der Waals surface area contributed by atoms with Crippen LogP contribution in [0.3, 0.4) is 0 Å². The lowest BCUT2D eigenvalue weighted by molar-refractivity contribution is -0.0116. The lowest BCUT2D eigenvalue weighted by Gasteiger charge is -2.44. The highest BCUT2D eigenvalue weighted by Crippen LogP contribution is 2.37. The number of morpholine rings is 1. The number of carbonyl (C=O) groups is 1.